The normalized spacial score (nSPS) is 10.8. The van der Waals surface area contributed by atoms with Crippen LogP contribution in [0.25, 0.3) is 6.08 Å². The third kappa shape index (κ3) is 3.67. The first-order chi connectivity index (χ1) is 10.6. The molecule has 0 bridgehead atoms. The van der Waals surface area contributed by atoms with Crippen molar-refractivity contribution in [2.45, 2.75) is 6.54 Å². The minimum atomic E-state index is -0.519. The summed E-state index contributed by atoms with van der Waals surface area (Å²) in [6.07, 6.45) is 2.89. The number of ether oxygens (including phenoxy) is 1. The van der Waals surface area contributed by atoms with E-state index in [-0.39, 0.29) is 17.9 Å². The Kier molecular flexibility index (Phi) is 4.83. The SMILES string of the molecule is COc1ccc(/C=C(/C#N)C(=O)NCc2ccco2)cc1O. The molecule has 6 nitrogen and oxygen atoms in total. The van der Waals surface area contributed by atoms with Gasteiger partial charge in [0.1, 0.15) is 17.4 Å². The fourth-order valence-corrected chi connectivity index (χ4v) is 1.79. The van der Waals surface area contributed by atoms with Gasteiger partial charge in [-0.25, -0.2) is 0 Å². The Labute approximate surface area is 127 Å². The molecule has 1 aromatic carbocycles. The maximum Gasteiger partial charge on any atom is 0.262 e. The molecule has 0 fully saturated rings. The average molecular weight is 298 g/mol. The van der Waals surface area contributed by atoms with Gasteiger partial charge in [-0.05, 0) is 35.9 Å². The first kappa shape index (κ1) is 15.2. The summed E-state index contributed by atoms with van der Waals surface area (Å²) in [6, 6.07) is 9.86. The van der Waals surface area contributed by atoms with Crippen molar-refractivity contribution < 1.29 is 19.1 Å². The number of nitrogens with zero attached hydrogens (tertiary/aromatic N) is 1. The number of phenols is 1. The number of hydrogen-bond acceptors (Lipinski definition) is 5. The van der Waals surface area contributed by atoms with Crippen LogP contribution in [0.2, 0.25) is 0 Å². The number of phenolic OH excluding ortho intramolecular Hbond substituents is 1. The molecule has 0 aliphatic rings. The lowest BCUT2D eigenvalue weighted by Crippen LogP contribution is -2.23. The lowest BCUT2D eigenvalue weighted by molar-refractivity contribution is -0.117. The summed E-state index contributed by atoms with van der Waals surface area (Å²) < 4.78 is 10.0. The number of carbonyl (C=O) groups is 1. The van der Waals surface area contributed by atoms with Crippen molar-refractivity contribution in [2.75, 3.05) is 7.11 Å². The van der Waals surface area contributed by atoms with E-state index in [0.29, 0.717) is 17.1 Å². The molecule has 0 saturated carbocycles. The lowest BCUT2D eigenvalue weighted by Gasteiger charge is -2.05. The van der Waals surface area contributed by atoms with Crippen LogP contribution in [-0.2, 0) is 11.3 Å². The molecule has 22 heavy (non-hydrogen) atoms. The van der Waals surface area contributed by atoms with E-state index in [4.69, 9.17) is 14.4 Å². The molecule has 0 unspecified atom stereocenters. The zero-order valence-corrected chi connectivity index (χ0v) is 11.9. The van der Waals surface area contributed by atoms with E-state index >= 15 is 0 Å². The highest BCUT2D eigenvalue weighted by molar-refractivity contribution is 6.01. The predicted octanol–water partition coefficient (Wildman–Crippen LogP) is 2.22. The number of carbonyl (C=O) groups excluding carboxylic acids is 1. The summed E-state index contributed by atoms with van der Waals surface area (Å²) in [5.74, 6) is 0.324. The summed E-state index contributed by atoms with van der Waals surface area (Å²) in [5.41, 5.74) is 0.444. The average Bonchev–Trinajstić information content (AvgIpc) is 3.04. The van der Waals surface area contributed by atoms with Gasteiger partial charge in [0, 0.05) is 0 Å². The summed E-state index contributed by atoms with van der Waals surface area (Å²) in [4.78, 5) is 12.0. The van der Waals surface area contributed by atoms with E-state index in [1.54, 1.807) is 24.3 Å². The van der Waals surface area contributed by atoms with Gasteiger partial charge in [0.15, 0.2) is 11.5 Å². The van der Waals surface area contributed by atoms with E-state index in [9.17, 15) is 9.90 Å². The van der Waals surface area contributed by atoms with Crippen molar-refractivity contribution in [1.29, 1.82) is 5.26 Å². The highest BCUT2D eigenvalue weighted by Crippen LogP contribution is 2.27. The molecule has 2 rings (SSSR count). The first-order valence-corrected chi connectivity index (χ1v) is 6.43. The van der Waals surface area contributed by atoms with Crippen molar-refractivity contribution in [3.63, 3.8) is 0 Å². The van der Waals surface area contributed by atoms with E-state index < -0.39 is 5.91 Å². The summed E-state index contributed by atoms with van der Waals surface area (Å²) >= 11 is 0. The molecule has 2 aromatic rings. The summed E-state index contributed by atoms with van der Waals surface area (Å²) in [5, 5.41) is 21.4. The smallest absolute Gasteiger partial charge is 0.262 e. The molecule has 0 aliphatic carbocycles. The molecular formula is C16H14N2O4. The highest BCUT2D eigenvalue weighted by Gasteiger charge is 2.10. The van der Waals surface area contributed by atoms with Gasteiger partial charge in [0.2, 0.25) is 0 Å². The Morgan fingerprint density at radius 3 is 2.91 bits per heavy atom. The first-order valence-electron chi connectivity index (χ1n) is 6.43. The Morgan fingerprint density at radius 2 is 2.32 bits per heavy atom. The minimum absolute atomic E-state index is 0.0652. The number of nitriles is 1. The van der Waals surface area contributed by atoms with Gasteiger partial charge in [0.05, 0.1) is 19.9 Å². The van der Waals surface area contributed by atoms with E-state index in [0.717, 1.165) is 0 Å². The van der Waals surface area contributed by atoms with E-state index in [2.05, 4.69) is 5.32 Å². The number of nitrogens with one attached hydrogen (secondary N) is 1. The molecule has 0 saturated heterocycles. The van der Waals surface area contributed by atoms with Crippen LogP contribution in [0.4, 0.5) is 0 Å². The molecule has 6 heteroatoms. The van der Waals surface area contributed by atoms with E-state index in [1.807, 2.05) is 6.07 Å². The Balaban J connectivity index is 2.11. The van der Waals surface area contributed by atoms with Gasteiger partial charge in [0.25, 0.3) is 5.91 Å². The number of methoxy groups -OCH3 is 1. The molecule has 0 radical (unpaired) electrons. The van der Waals surface area contributed by atoms with Crippen LogP contribution in [0.15, 0.2) is 46.6 Å². The van der Waals surface area contributed by atoms with Crippen molar-refractivity contribution in [1.82, 2.24) is 5.32 Å². The largest absolute Gasteiger partial charge is 0.504 e. The zero-order valence-electron chi connectivity index (χ0n) is 11.9. The van der Waals surface area contributed by atoms with Gasteiger partial charge in [-0.2, -0.15) is 5.26 Å². The predicted molar refractivity (Wildman–Crippen MR) is 78.8 cm³/mol. The third-order valence-corrected chi connectivity index (χ3v) is 2.88. The molecule has 0 aliphatic heterocycles. The van der Waals surface area contributed by atoms with Crippen molar-refractivity contribution in [3.05, 3.63) is 53.5 Å². The van der Waals surface area contributed by atoms with Crippen LogP contribution in [0.1, 0.15) is 11.3 Å². The van der Waals surface area contributed by atoms with Crippen LogP contribution >= 0.6 is 0 Å². The number of rotatable bonds is 5. The lowest BCUT2D eigenvalue weighted by atomic mass is 10.1. The minimum Gasteiger partial charge on any atom is -0.504 e. The monoisotopic (exact) mass is 298 g/mol. The second-order valence-electron chi connectivity index (χ2n) is 4.36. The van der Waals surface area contributed by atoms with Crippen LogP contribution < -0.4 is 10.1 Å². The van der Waals surface area contributed by atoms with E-state index in [1.165, 1.54) is 25.5 Å². The second-order valence-corrected chi connectivity index (χ2v) is 4.36. The van der Waals surface area contributed by atoms with Gasteiger partial charge in [-0.3, -0.25) is 4.79 Å². The number of amides is 1. The standard InChI is InChI=1S/C16H14N2O4/c1-21-15-5-4-11(8-14(15)19)7-12(9-17)16(20)18-10-13-3-2-6-22-13/h2-8,19H,10H2,1H3,(H,18,20)/b12-7-. The highest BCUT2D eigenvalue weighted by atomic mass is 16.5. The Hall–Kier alpha value is -3.20. The van der Waals surface area contributed by atoms with Crippen molar-refractivity contribution in [3.8, 4) is 17.6 Å². The molecule has 2 N–H and O–H groups in total. The molecule has 1 aromatic heterocycles. The zero-order chi connectivity index (χ0) is 15.9. The number of aromatic hydroxyl groups is 1. The van der Waals surface area contributed by atoms with Gasteiger partial charge >= 0.3 is 0 Å². The van der Waals surface area contributed by atoms with Crippen LogP contribution in [-0.4, -0.2) is 18.1 Å². The molecule has 0 atom stereocenters. The molecule has 112 valence electrons. The van der Waals surface area contributed by atoms with Gasteiger partial charge < -0.3 is 19.6 Å². The summed E-state index contributed by atoms with van der Waals surface area (Å²) in [6.45, 7) is 0.193. The number of hydrogen-bond donors (Lipinski definition) is 2. The Morgan fingerprint density at radius 1 is 1.50 bits per heavy atom. The van der Waals surface area contributed by atoms with Crippen LogP contribution in [0.3, 0.4) is 0 Å². The molecule has 0 spiro atoms. The molecule has 1 amide bonds. The quantitative estimate of drug-likeness (QED) is 0.652. The van der Waals surface area contributed by atoms with Crippen molar-refractivity contribution in [2.24, 2.45) is 0 Å². The van der Waals surface area contributed by atoms with Gasteiger partial charge in [-0.15, -0.1) is 0 Å². The molecule has 1 heterocycles. The molecular weight excluding hydrogens is 284 g/mol. The van der Waals surface area contributed by atoms with Crippen LogP contribution in [0, 0.1) is 11.3 Å². The number of benzene rings is 1. The third-order valence-electron chi connectivity index (χ3n) is 2.88. The maximum absolute atomic E-state index is 12.0. The number of furan rings is 1. The van der Waals surface area contributed by atoms with Crippen LogP contribution in [0.5, 0.6) is 11.5 Å². The topological polar surface area (TPSA) is 95.5 Å². The van der Waals surface area contributed by atoms with Crippen molar-refractivity contribution >= 4 is 12.0 Å². The fourth-order valence-electron chi connectivity index (χ4n) is 1.79. The van der Waals surface area contributed by atoms with Gasteiger partial charge in [-0.1, -0.05) is 6.07 Å². The Bertz CT molecular complexity index is 727. The maximum atomic E-state index is 12.0. The second kappa shape index (κ2) is 6.99. The fraction of sp³-hybridized carbons (Fsp3) is 0.125. The summed E-state index contributed by atoms with van der Waals surface area (Å²) in [7, 11) is 1.44.